The molecule has 6 aromatic rings. The average Bonchev–Trinajstić information content (AvgIpc) is 3.78. The van der Waals surface area contributed by atoms with Crippen LogP contribution in [-0.2, 0) is 6.42 Å². The maximum atomic E-state index is 14.9. The van der Waals surface area contributed by atoms with Gasteiger partial charge in [-0.3, -0.25) is 14.2 Å². The Kier molecular flexibility index (Phi) is 8.38. The van der Waals surface area contributed by atoms with E-state index in [1.807, 2.05) is 0 Å². The molecule has 0 saturated heterocycles. The summed E-state index contributed by atoms with van der Waals surface area (Å²) in [5.41, 5.74) is -0.461. The van der Waals surface area contributed by atoms with Crippen LogP contribution in [0.15, 0.2) is 73.3 Å². The Bertz CT molecular complexity index is 2190. The van der Waals surface area contributed by atoms with Gasteiger partial charge in [-0.05, 0) is 58.5 Å². The molecular formula is C29H20FN11O7. The highest BCUT2D eigenvalue weighted by atomic mass is 19.1. The first-order valence-electron chi connectivity index (χ1n) is 13.7. The molecule has 6 rings (SSSR count). The standard InChI is InChI=1S/C29H20FN11O7/c30-18-12-17(29(46)47)22(33-27(43)20-4-6-25-36-38-39-41(25)37-20)13-23(18)48-10-7-15-1-2-16(28(44)45)21(11-15)32-26(42)19-3-5-24(35-34-19)40-9-8-31-14-40/h1-6,8-9,11-14H,7,10H2,(H,32,42)(H,33,43)(H,44,45)(H,46,47). The van der Waals surface area contributed by atoms with Crippen LogP contribution in [0.4, 0.5) is 15.8 Å². The first kappa shape index (κ1) is 30.8. The number of amides is 2. The van der Waals surface area contributed by atoms with E-state index in [1.165, 1.54) is 42.7 Å². The van der Waals surface area contributed by atoms with Crippen molar-refractivity contribution < 1.29 is 38.5 Å². The van der Waals surface area contributed by atoms with E-state index in [0.717, 1.165) is 10.7 Å². The Labute approximate surface area is 266 Å². The highest BCUT2D eigenvalue weighted by Gasteiger charge is 2.20. The van der Waals surface area contributed by atoms with Crippen LogP contribution >= 0.6 is 0 Å². The van der Waals surface area contributed by atoms with Gasteiger partial charge in [0.1, 0.15) is 6.33 Å². The summed E-state index contributed by atoms with van der Waals surface area (Å²) in [7, 11) is 0. The van der Waals surface area contributed by atoms with Crippen molar-refractivity contribution in [2.45, 2.75) is 6.42 Å². The lowest BCUT2D eigenvalue weighted by molar-refractivity contribution is 0.0686. The van der Waals surface area contributed by atoms with Crippen molar-refractivity contribution in [2.24, 2.45) is 0 Å². The predicted molar refractivity (Wildman–Crippen MR) is 160 cm³/mol. The van der Waals surface area contributed by atoms with E-state index < -0.39 is 35.1 Å². The summed E-state index contributed by atoms with van der Waals surface area (Å²) in [5, 5.41) is 46.7. The number of aromatic nitrogens is 9. The van der Waals surface area contributed by atoms with Crippen molar-refractivity contribution in [3.05, 3.63) is 107 Å². The van der Waals surface area contributed by atoms with Crippen LogP contribution in [0.2, 0.25) is 0 Å². The first-order chi connectivity index (χ1) is 23.2. The summed E-state index contributed by atoms with van der Waals surface area (Å²) < 4.78 is 23.0. The van der Waals surface area contributed by atoms with Gasteiger partial charge < -0.3 is 25.6 Å². The van der Waals surface area contributed by atoms with Crippen molar-refractivity contribution in [3.63, 3.8) is 0 Å². The number of nitrogens with one attached hydrogen (secondary N) is 2. The molecule has 19 heteroatoms. The zero-order valence-corrected chi connectivity index (χ0v) is 24.2. The molecule has 2 aromatic carbocycles. The van der Waals surface area contributed by atoms with Gasteiger partial charge in [-0.15, -0.1) is 25.0 Å². The van der Waals surface area contributed by atoms with Crippen LogP contribution < -0.4 is 15.4 Å². The van der Waals surface area contributed by atoms with Gasteiger partial charge in [0, 0.05) is 24.9 Å². The van der Waals surface area contributed by atoms with Crippen molar-refractivity contribution >= 4 is 40.8 Å². The fourth-order valence-electron chi connectivity index (χ4n) is 4.38. The normalized spacial score (nSPS) is 10.9. The number of carbonyl (C=O) groups excluding carboxylic acids is 2. The second-order valence-corrected chi connectivity index (χ2v) is 9.82. The minimum absolute atomic E-state index is 0.0269. The van der Waals surface area contributed by atoms with E-state index in [-0.39, 0.29) is 52.8 Å². The third kappa shape index (κ3) is 6.59. The van der Waals surface area contributed by atoms with Crippen LogP contribution in [0, 0.1) is 5.82 Å². The number of ether oxygens (including phenoxy) is 1. The van der Waals surface area contributed by atoms with Gasteiger partial charge in [0.05, 0.1) is 29.1 Å². The average molecular weight is 654 g/mol. The highest BCUT2D eigenvalue weighted by Crippen LogP contribution is 2.28. The summed E-state index contributed by atoms with van der Waals surface area (Å²) >= 11 is 0. The molecule has 0 aliphatic carbocycles. The van der Waals surface area contributed by atoms with Gasteiger partial charge in [0.2, 0.25) is 0 Å². The molecule has 4 N–H and O–H groups in total. The number of nitrogens with zero attached hydrogens (tertiary/aromatic N) is 9. The van der Waals surface area contributed by atoms with Gasteiger partial charge in [0.25, 0.3) is 11.8 Å². The quantitative estimate of drug-likeness (QED) is 0.157. The number of imidazole rings is 1. The molecule has 0 saturated carbocycles. The molecule has 48 heavy (non-hydrogen) atoms. The topological polar surface area (TPSA) is 242 Å². The zero-order valence-electron chi connectivity index (χ0n) is 24.2. The number of hydrogen-bond acceptors (Lipinski definition) is 12. The monoisotopic (exact) mass is 653 g/mol. The Morgan fingerprint density at radius 2 is 1.58 bits per heavy atom. The number of rotatable bonds is 11. The maximum absolute atomic E-state index is 14.9. The van der Waals surface area contributed by atoms with Crippen LogP contribution in [0.3, 0.4) is 0 Å². The number of carboxylic acid groups (broad SMARTS) is 2. The molecule has 0 aliphatic rings. The molecule has 4 heterocycles. The molecule has 0 aliphatic heterocycles. The van der Waals surface area contributed by atoms with E-state index in [1.54, 1.807) is 23.0 Å². The predicted octanol–water partition coefficient (Wildman–Crippen LogP) is 2.16. The lowest BCUT2D eigenvalue weighted by Crippen LogP contribution is -2.18. The molecule has 4 aromatic heterocycles. The number of hydrogen-bond donors (Lipinski definition) is 4. The Hall–Kier alpha value is -7.18. The Morgan fingerprint density at radius 3 is 2.29 bits per heavy atom. The van der Waals surface area contributed by atoms with Crippen LogP contribution in [0.25, 0.3) is 11.5 Å². The number of halogens is 1. The second kappa shape index (κ2) is 13.0. The molecular weight excluding hydrogens is 633 g/mol. The molecule has 0 unspecified atom stereocenters. The summed E-state index contributed by atoms with van der Waals surface area (Å²) in [6.45, 7) is -0.158. The number of aromatic carboxylic acids is 2. The fourth-order valence-corrected chi connectivity index (χ4v) is 4.38. The summed E-state index contributed by atoms with van der Waals surface area (Å²) in [4.78, 5) is 53.3. The molecule has 240 valence electrons. The lowest BCUT2D eigenvalue weighted by atomic mass is 10.1. The van der Waals surface area contributed by atoms with Crippen molar-refractivity contribution in [2.75, 3.05) is 17.2 Å². The van der Waals surface area contributed by atoms with E-state index in [2.05, 4.69) is 46.4 Å². The van der Waals surface area contributed by atoms with Crippen molar-refractivity contribution in [3.8, 4) is 11.6 Å². The minimum atomic E-state index is -1.51. The fraction of sp³-hybridized carbons (Fsp3) is 0.0690. The summed E-state index contributed by atoms with van der Waals surface area (Å²) in [6, 6.07) is 11.6. The smallest absolute Gasteiger partial charge is 0.337 e. The first-order valence-corrected chi connectivity index (χ1v) is 13.7. The van der Waals surface area contributed by atoms with Crippen molar-refractivity contribution in [1.82, 2.24) is 45.0 Å². The molecule has 2 amide bonds. The molecule has 0 spiro atoms. The Balaban J connectivity index is 1.15. The number of tetrazole rings is 1. The number of anilines is 2. The third-order valence-electron chi connectivity index (χ3n) is 6.72. The number of benzene rings is 2. The Morgan fingerprint density at radius 1 is 0.833 bits per heavy atom. The van der Waals surface area contributed by atoms with Crippen LogP contribution in [0.5, 0.6) is 5.75 Å². The van der Waals surface area contributed by atoms with Crippen LogP contribution in [0.1, 0.15) is 47.3 Å². The second-order valence-electron chi connectivity index (χ2n) is 9.82. The largest absolute Gasteiger partial charge is 0.490 e. The third-order valence-corrected chi connectivity index (χ3v) is 6.72. The van der Waals surface area contributed by atoms with Crippen molar-refractivity contribution in [1.29, 1.82) is 0 Å². The van der Waals surface area contributed by atoms with Gasteiger partial charge in [0.15, 0.2) is 34.4 Å². The maximum Gasteiger partial charge on any atom is 0.337 e. The van der Waals surface area contributed by atoms with Gasteiger partial charge in [-0.2, -0.15) is 0 Å². The number of carbonyl (C=O) groups is 4. The molecule has 0 radical (unpaired) electrons. The van der Waals surface area contributed by atoms with E-state index in [9.17, 15) is 33.8 Å². The van der Waals surface area contributed by atoms with E-state index >= 15 is 0 Å². The van der Waals surface area contributed by atoms with E-state index in [4.69, 9.17) is 4.74 Å². The highest BCUT2D eigenvalue weighted by molar-refractivity contribution is 6.07. The van der Waals surface area contributed by atoms with Crippen LogP contribution in [-0.4, -0.2) is 85.6 Å². The van der Waals surface area contributed by atoms with Gasteiger partial charge in [-0.1, -0.05) is 6.07 Å². The van der Waals surface area contributed by atoms with Gasteiger partial charge in [-0.25, -0.2) is 19.0 Å². The van der Waals surface area contributed by atoms with E-state index in [0.29, 0.717) is 17.4 Å². The molecule has 0 bridgehead atoms. The summed E-state index contributed by atoms with van der Waals surface area (Å²) in [6.07, 6.45) is 4.82. The number of carboxylic acids is 2. The lowest BCUT2D eigenvalue weighted by Gasteiger charge is -2.14. The zero-order chi connectivity index (χ0) is 33.8. The molecule has 0 atom stereocenters. The minimum Gasteiger partial charge on any atom is -0.490 e. The number of fused-ring (bicyclic) bond motifs is 1. The van der Waals surface area contributed by atoms with Gasteiger partial charge >= 0.3 is 11.9 Å². The molecule has 18 nitrogen and oxygen atoms in total. The SMILES string of the molecule is O=C(Nc1cc(CCOc2cc(NC(=O)c3ccc4nnnn4n3)c(C(=O)O)cc2F)ccc1C(=O)O)c1ccc(-n2ccnc2)nn1. The summed E-state index contributed by atoms with van der Waals surface area (Å²) in [5.74, 6) is -5.29. The molecule has 0 fully saturated rings.